The van der Waals surface area contributed by atoms with E-state index in [1.54, 1.807) is 19.3 Å². The standard InChI is InChI=1S/C28H33ClN2O5S2/c1-4-6-7-8-9-10-18-36-24-16-11-21(19-25(24)35-3)20-26-27(32)31(17-5-2)28(37-26)30-38(33,34)23-14-12-22(29)13-15-23/h5,11-16,19-20H,2,4,6-10,17-18H2,1,3H3/b26-20-,30-28+. The number of amidine groups is 1. The van der Waals surface area contributed by atoms with Crippen molar-refractivity contribution in [1.82, 2.24) is 4.90 Å². The topological polar surface area (TPSA) is 85.3 Å². The fourth-order valence-electron chi connectivity index (χ4n) is 3.74. The van der Waals surface area contributed by atoms with Crippen molar-refractivity contribution >= 4 is 50.5 Å². The zero-order valence-corrected chi connectivity index (χ0v) is 24.1. The van der Waals surface area contributed by atoms with Crippen LogP contribution >= 0.6 is 23.4 Å². The van der Waals surface area contributed by atoms with Crippen molar-refractivity contribution in [1.29, 1.82) is 0 Å². The summed E-state index contributed by atoms with van der Waals surface area (Å²) in [6, 6.07) is 11.1. The number of hydrogen-bond acceptors (Lipinski definition) is 6. The van der Waals surface area contributed by atoms with Crippen LogP contribution in [0.1, 0.15) is 51.0 Å². The number of amides is 1. The van der Waals surface area contributed by atoms with Crippen molar-refractivity contribution in [3.8, 4) is 11.5 Å². The molecule has 0 bridgehead atoms. The highest BCUT2D eigenvalue weighted by atomic mass is 35.5. The maximum absolute atomic E-state index is 13.1. The van der Waals surface area contributed by atoms with Crippen LogP contribution in [0.15, 0.2) is 69.3 Å². The molecule has 1 amide bonds. The van der Waals surface area contributed by atoms with Crippen LogP contribution in [0.3, 0.4) is 0 Å². The predicted molar refractivity (Wildman–Crippen MR) is 155 cm³/mol. The summed E-state index contributed by atoms with van der Waals surface area (Å²) < 4.78 is 41.1. The number of sulfonamides is 1. The van der Waals surface area contributed by atoms with Gasteiger partial charge in [-0.3, -0.25) is 9.69 Å². The zero-order chi connectivity index (χ0) is 27.5. The van der Waals surface area contributed by atoms with Gasteiger partial charge in [0.25, 0.3) is 15.9 Å². The molecule has 0 radical (unpaired) electrons. The Labute approximate surface area is 234 Å². The Balaban J connectivity index is 1.76. The Morgan fingerprint density at radius 2 is 1.76 bits per heavy atom. The second-order valence-electron chi connectivity index (χ2n) is 8.64. The lowest BCUT2D eigenvalue weighted by atomic mass is 10.1. The van der Waals surface area contributed by atoms with Gasteiger partial charge in [-0.05, 0) is 66.2 Å². The zero-order valence-electron chi connectivity index (χ0n) is 21.7. The molecule has 7 nitrogen and oxygen atoms in total. The van der Waals surface area contributed by atoms with Crippen LogP contribution in [0.25, 0.3) is 6.08 Å². The number of halogens is 1. The van der Waals surface area contributed by atoms with Crippen molar-refractivity contribution in [3.05, 3.63) is 70.6 Å². The minimum absolute atomic E-state index is 0.0142. The molecule has 0 spiro atoms. The van der Waals surface area contributed by atoms with Crippen LogP contribution in [0.4, 0.5) is 0 Å². The number of unbranched alkanes of at least 4 members (excludes halogenated alkanes) is 5. The number of nitrogens with zero attached hydrogens (tertiary/aromatic N) is 2. The maximum Gasteiger partial charge on any atom is 0.284 e. The molecule has 0 N–H and O–H groups in total. The fourth-order valence-corrected chi connectivity index (χ4v) is 6.05. The molecule has 2 aromatic rings. The van der Waals surface area contributed by atoms with Crippen LogP contribution < -0.4 is 9.47 Å². The summed E-state index contributed by atoms with van der Waals surface area (Å²) in [7, 11) is -2.48. The van der Waals surface area contributed by atoms with E-state index in [-0.39, 0.29) is 22.5 Å². The minimum Gasteiger partial charge on any atom is -0.493 e. The molecule has 204 valence electrons. The summed E-state index contributed by atoms with van der Waals surface area (Å²) in [4.78, 5) is 14.7. The Bertz CT molecular complexity index is 1290. The number of rotatable bonds is 14. The molecule has 0 atom stereocenters. The van der Waals surface area contributed by atoms with Crippen LogP contribution in [0, 0.1) is 0 Å². The Kier molecular flexibility index (Phi) is 11.3. The van der Waals surface area contributed by atoms with Gasteiger partial charge in [0.2, 0.25) is 0 Å². The van der Waals surface area contributed by atoms with E-state index in [2.05, 4.69) is 17.9 Å². The van der Waals surface area contributed by atoms with Gasteiger partial charge in [0.05, 0.1) is 23.5 Å². The molecule has 38 heavy (non-hydrogen) atoms. The fraction of sp³-hybridized carbons (Fsp3) is 0.357. The quantitative estimate of drug-likeness (QED) is 0.138. The van der Waals surface area contributed by atoms with E-state index in [0.717, 1.165) is 24.6 Å². The van der Waals surface area contributed by atoms with Gasteiger partial charge in [-0.15, -0.1) is 11.0 Å². The van der Waals surface area contributed by atoms with Crippen molar-refractivity contribution < 1.29 is 22.7 Å². The summed E-state index contributed by atoms with van der Waals surface area (Å²) in [5.41, 5.74) is 0.713. The van der Waals surface area contributed by atoms with Crippen molar-refractivity contribution in [3.63, 3.8) is 0 Å². The third-order valence-corrected chi connectivity index (χ3v) is 8.41. The molecule has 10 heteroatoms. The van der Waals surface area contributed by atoms with Crippen LogP contribution in [0.5, 0.6) is 11.5 Å². The normalized spacial score (nSPS) is 15.9. The second kappa shape index (κ2) is 14.4. The van der Waals surface area contributed by atoms with E-state index in [1.807, 2.05) is 12.1 Å². The molecule has 1 heterocycles. The Morgan fingerprint density at radius 3 is 2.45 bits per heavy atom. The average molecular weight is 577 g/mol. The number of carbonyl (C=O) groups is 1. The van der Waals surface area contributed by atoms with Crippen LogP contribution in [-0.4, -0.2) is 44.7 Å². The first kappa shape index (κ1) is 29.8. The second-order valence-corrected chi connectivity index (χ2v) is 11.7. The van der Waals surface area contributed by atoms with E-state index in [1.165, 1.54) is 60.9 Å². The number of thioether (sulfide) groups is 1. The Hall–Kier alpha value is -2.75. The first-order chi connectivity index (χ1) is 18.3. The van der Waals surface area contributed by atoms with Gasteiger partial charge in [0.1, 0.15) is 0 Å². The summed E-state index contributed by atoms with van der Waals surface area (Å²) in [5, 5.41) is 0.469. The first-order valence-corrected chi connectivity index (χ1v) is 15.2. The number of hydrogen-bond donors (Lipinski definition) is 0. The monoisotopic (exact) mass is 576 g/mol. The lowest BCUT2D eigenvalue weighted by Crippen LogP contribution is -2.29. The summed E-state index contributed by atoms with van der Waals surface area (Å²) >= 11 is 6.86. The van der Waals surface area contributed by atoms with Gasteiger partial charge in [-0.1, -0.05) is 62.8 Å². The van der Waals surface area contributed by atoms with E-state index >= 15 is 0 Å². The summed E-state index contributed by atoms with van der Waals surface area (Å²) in [6.07, 6.45) is 10.3. The summed E-state index contributed by atoms with van der Waals surface area (Å²) in [5.74, 6) is 0.837. The van der Waals surface area contributed by atoms with Gasteiger partial charge in [0, 0.05) is 11.6 Å². The van der Waals surface area contributed by atoms with Crippen molar-refractivity contribution in [2.75, 3.05) is 20.3 Å². The molecular formula is C28H33ClN2O5S2. The number of methoxy groups -OCH3 is 1. The third-order valence-electron chi connectivity index (χ3n) is 5.75. The minimum atomic E-state index is -4.05. The molecule has 1 aliphatic heterocycles. The molecular weight excluding hydrogens is 544 g/mol. The largest absolute Gasteiger partial charge is 0.493 e. The number of ether oxygens (including phenoxy) is 2. The molecule has 0 aromatic heterocycles. The lowest BCUT2D eigenvalue weighted by molar-refractivity contribution is -0.121. The molecule has 0 saturated carbocycles. The van der Waals surface area contributed by atoms with Gasteiger partial charge in [-0.25, -0.2) is 0 Å². The van der Waals surface area contributed by atoms with Crippen molar-refractivity contribution in [2.45, 2.75) is 50.3 Å². The highest BCUT2D eigenvalue weighted by molar-refractivity contribution is 8.19. The lowest BCUT2D eigenvalue weighted by Gasteiger charge is -2.12. The van der Waals surface area contributed by atoms with Gasteiger partial charge in [0.15, 0.2) is 16.7 Å². The van der Waals surface area contributed by atoms with Gasteiger partial charge >= 0.3 is 0 Å². The molecule has 1 aliphatic rings. The van der Waals surface area contributed by atoms with E-state index < -0.39 is 10.0 Å². The number of benzene rings is 2. The third kappa shape index (κ3) is 8.12. The molecule has 1 fully saturated rings. The maximum atomic E-state index is 13.1. The van der Waals surface area contributed by atoms with Crippen LogP contribution in [-0.2, 0) is 14.8 Å². The van der Waals surface area contributed by atoms with Gasteiger partial charge < -0.3 is 9.47 Å². The molecule has 0 aliphatic carbocycles. The molecule has 1 saturated heterocycles. The number of carbonyl (C=O) groups excluding carboxylic acids is 1. The average Bonchev–Trinajstić information content (AvgIpc) is 3.17. The first-order valence-electron chi connectivity index (χ1n) is 12.5. The van der Waals surface area contributed by atoms with Gasteiger partial charge in [-0.2, -0.15) is 8.42 Å². The molecule has 3 rings (SSSR count). The molecule has 2 aromatic carbocycles. The Morgan fingerprint density at radius 1 is 1.05 bits per heavy atom. The smallest absolute Gasteiger partial charge is 0.284 e. The van der Waals surface area contributed by atoms with E-state index in [0.29, 0.717) is 33.6 Å². The highest BCUT2D eigenvalue weighted by Gasteiger charge is 2.34. The van der Waals surface area contributed by atoms with Crippen molar-refractivity contribution in [2.24, 2.45) is 4.40 Å². The molecule has 0 unspecified atom stereocenters. The van der Waals surface area contributed by atoms with E-state index in [4.69, 9.17) is 21.1 Å². The highest BCUT2D eigenvalue weighted by Crippen LogP contribution is 2.35. The summed E-state index contributed by atoms with van der Waals surface area (Å²) in [6.45, 7) is 6.60. The van der Waals surface area contributed by atoms with E-state index in [9.17, 15) is 13.2 Å². The van der Waals surface area contributed by atoms with Crippen LogP contribution in [0.2, 0.25) is 5.02 Å². The SMILES string of the molecule is C=CCN1C(=O)/C(=C/c2ccc(OCCCCCCCC)c(OC)c2)S/C1=N/S(=O)(=O)c1ccc(Cl)cc1. The predicted octanol–water partition coefficient (Wildman–Crippen LogP) is 6.94.